The van der Waals surface area contributed by atoms with E-state index in [2.05, 4.69) is 20.4 Å². The number of aryl methyl sites for hydroxylation is 1. The first-order chi connectivity index (χ1) is 14.9. The van der Waals surface area contributed by atoms with Crippen LogP contribution in [0, 0.1) is 12.8 Å². The van der Waals surface area contributed by atoms with E-state index in [1.54, 1.807) is 18.3 Å². The summed E-state index contributed by atoms with van der Waals surface area (Å²) in [6.45, 7) is 1.95. The molecule has 2 N–H and O–H groups in total. The van der Waals surface area contributed by atoms with Gasteiger partial charge in [0, 0.05) is 30.3 Å². The Balaban J connectivity index is 1.51. The molecule has 8 nitrogen and oxygen atoms in total. The van der Waals surface area contributed by atoms with Crippen LogP contribution in [0.3, 0.4) is 0 Å². The number of hydrogen-bond donors (Lipinski definition) is 2. The fraction of sp³-hybridized carbons (Fsp3) is 0.429. The van der Waals surface area contributed by atoms with E-state index < -0.39 is 18.0 Å². The Kier molecular flexibility index (Phi) is 6.08. The molecule has 0 atom stereocenters. The standard InChI is InChI=1S/C21H23F2N5O3/c1-12-8-14(6-7-24-12)21-26-17(11-31-21)20(30)25-16-9-28(27-18(16)19(22)23)15-4-2-13(10-29)3-5-15/h6-9,11,13,15,19,29H,2-5,10H2,1H3,(H,25,30)/t13-,15-. The normalized spacial score (nSPS) is 19.0. The van der Waals surface area contributed by atoms with Gasteiger partial charge in [0.25, 0.3) is 12.3 Å². The molecule has 0 aromatic carbocycles. The van der Waals surface area contributed by atoms with Crippen molar-refractivity contribution in [2.75, 3.05) is 11.9 Å². The highest BCUT2D eigenvalue weighted by Crippen LogP contribution is 2.34. The molecule has 1 fully saturated rings. The third kappa shape index (κ3) is 4.63. The summed E-state index contributed by atoms with van der Waals surface area (Å²) in [6.07, 6.45) is 4.48. The average Bonchev–Trinajstić information content (AvgIpc) is 3.42. The molecule has 0 spiro atoms. The number of anilines is 1. The molecule has 0 bridgehead atoms. The number of hydrogen-bond acceptors (Lipinski definition) is 6. The minimum absolute atomic E-state index is 0.0270. The number of carbonyl (C=O) groups excluding carboxylic acids is 1. The van der Waals surface area contributed by atoms with Gasteiger partial charge in [0.05, 0.1) is 11.7 Å². The van der Waals surface area contributed by atoms with Crippen molar-refractivity contribution in [1.82, 2.24) is 19.7 Å². The third-order valence-electron chi connectivity index (χ3n) is 5.54. The number of oxazole rings is 1. The SMILES string of the molecule is Cc1cc(-c2nc(C(=O)Nc3cn([C@H]4CC[C@H](CO)CC4)nc3C(F)F)co2)ccn1. The number of aliphatic hydroxyl groups is 1. The van der Waals surface area contributed by atoms with Gasteiger partial charge >= 0.3 is 0 Å². The number of nitrogens with one attached hydrogen (secondary N) is 1. The number of pyridine rings is 1. The molecule has 3 heterocycles. The van der Waals surface area contributed by atoms with Gasteiger partial charge in [-0.05, 0) is 50.7 Å². The van der Waals surface area contributed by atoms with Crippen molar-refractivity contribution in [2.24, 2.45) is 5.92 Å². The van der Waals surface area contributed by atoms with Gasteiger partial charge < -0.3 is 14.8 Å². The number of carbonyl (C=O) groups is 1. The van der Waals surface area contributed by atoms with E-state index in [0.29, 0.717) is 5.56 Å². The van der Waals surface area contributed by atoms with Crippen LogP contribution in [0.5, 0.6) is 0 Å². The minimum Gasteiger partial charge on any atom is -0.444 e. The Morgan fingerprint density at radius 2 is 2.13 bits per heavy atom. The maximum absolute atomic E-state index is 13.5. The Hall–Kier alpha value is -3.14. The van der Waals surface area contributed by atoms with Crippen LogP contribution in [0.2, 0.25) is 0 Å². The molecule has 4 rings (SSSR count). The van der Waals surface area contributed by atoms with Gasteiger partial charge in [0.15, 0.2) is 11.4 Å². The number of aromatic nitrogens is 4. The molecule has 0 radical (unpaired) electrons. The number of alkyl halides is 2. The number of halogens is 2. The molecule has 1 aliphatic carbocycles. The summed E-state index contributed by atoms with van der Waals surface area (Å²) in [6, 6.07) is 3.42. The van der Waals surface area contributed by atoms with E-state index in [9.17, 15) is 18.7 Å². The molecule has 0 aliphatic heterocycles. The van der Waals surface area contributed by atoms with Gasteiger partial charge in [0.2, 0.25) is 5.89 Å². The first-order valence-electron chi connectivity index (χ1n) is 10.1. The zero-order chi connectivity index (χ0) is 22.0. The Morgan fingerprint density at radius 1 is 1.35 bits per heavy atom. The van der Waals surface area contributed by atoms with Gasteiger partial charge in [-0.25, -0.2) is 13.8 Å². The molecular weight excluding hydrogens is 408 g/mol. The van der Waals surface area contributed by atoms with Gasteiger partial charge in [0.1, 0.15) is 6.26 Å². The zero-order valence-corrected chi connectivity index (χ0v) is 17.0. The quantitative estimate of drug-likeness (QED) is 0.607. The largest absolute Gasteiger partial charge is 0.444 e. The summed E-state index contributed by atoms with van der Waals surface area (Å²) in [7, 11) is 0. The van der Waals surface area contributed by atoms with Crippen LogP contribution in [0.25, 0.3) is 11.5 Å². The van der Waals surface area contributed by atoms with Crippen molar-refractivity contribution in [1.29, 1.82) is 0 Å². The highest BCUT2D eigenvalue weighted by molar-refractivity contribution is 6.03. The van der Waals surface area contributed by atoms with Gasteiger partial charge in [-0.3, -0.25) is 14.5 Å². The first-order valence-corrected chi connectivity index (χ1v) is 10.1. The highest BCUT2D eigenvalue weighted by Gasteiger charge is 2.27. The van der Waals surface area contributed by atoms with E-state index in [1.807, 2.05) is 6.92 Å². The summed E-state index contributed by atoms with van der Waals surface area (Å²) in [5, 5.41) is 15.8. The Labute approximate surface area is 177 Å². The zero-order valence-electron chi connectivity index (χ0n) is 17.0. The lowest BCUT2D eigenvalue weighted by Gasteiger charge is -2.27. The Bertz CT molecular complexity index is 1060. The summed E-state index contributed by atoms with van der Waals surface area (Å²) >= 11 is 0. The molecule has 1 amide bonds. The van der Waals surface area contributed by atoms with Gasteiger partial charge in [-0.2, -0.15) is 5.10 Å². The summed E-state index contributed by atoms with van der Waals surface area (Å²) in [4.78, 5) is 20.9. The monoisotopic (exact) mass is 431 g/mol. The Morgan fingerprint density at radius 3 is 2.81 bits per heavy atom. The number of nitrogens with zero attached hydrogens (tertiary/aromatic N) is 4. The molecule has 3 aromatic heterocycles. The molecular formula is C21H23F2N5O3. The summed E-state index contributed by atoms with van der Waals surface area (Å²) < 4.78 is 34.0. The van der Waals surface area contributed by atoms with Crippen molar-refractivity contribution >= 4 is 11.6 Å². The highest BCUT2D eigenvalue weighted by atomic mass is 19.3. The van der Waals surface area contributed by atoms with Crippen molar-refractivity contribution in [2.45, 2.75) is 45.1 Å². The van der Waals surface area contributed by atoms with Crippen LogP contribution in [-0.4, -0.2) is 37.4 Å². The molecule has 1 saturated carbocycles. The first kappa shape index (κ1) is 21.1. The maximum Gasteiger partial charge on any atom is 0.284 e. The second kappa shape index (κ2) is 8.93. The predicted molar refractivity (Wildman–Crippen MR) is 108 cm³/mol. The molecule has 1 aliphatic rings. The van der Waals surface area contributed by atoms with E-state index in [4.69, 9.17) is 4.42 Å². The number of rotatable bonds is 6. The van der Waals surface area contributed by atoms with E-state index >= 15 is 0 Å². The van der Waals surface area contributed by atoms with Crippen LogP contribution in [0.15, 0.2) is 35.2 Å². The third-order valence-corrected chi connectivity index (χ3v) is 5.54. The van der Waals surface area contributed by atoms with Gasteiger partial charge in [-0.15, -0.1) is 0 Å². The van der Waals surface area contributed by atoms with Crippen LogP contribution in [0.4, 0.5) is 14.5 Å². The van der Waals surface area contributed by atoms with Gasteiger partial charge in [-0.1, -0.05) is 0 Å². The van der Waals surface area contributed by atoms with Crippen molar-refractivity contribution in [3.05, 3.63) is 47.9 Å². The molecule has 0 unspecified atom stereocenters. The number of amides is 1. The van der Waals surface area contributed by atoms with Crippen LogP contribution < -0.4 is 5.32 Å². The fourth-order valence-electron chi connectivity index (χ4n) is 3.82. The number of aliphatic hydroxyl groups excluding tert-OH is 1. The lowest BCUT2D eigenvalue weighted by Crippen LogP contribution is -2.20. The van der Waals surface area contributed by atoms with Crippen molar-refractivity contribution in [3.63, 3.8) is 0 Å². The molecule has 3 aromatic rings. The van der Waals surface area contributed by atoms with Crippen LogP contribution in [-0.2, 0) is 0 Å². The van der Waals surface area contributed by atoms with Crippen LogP contribution >= 0.6 is 0 Å². The maximum atomic E-state index is 13.5. The fourth-order valence-corrected chi connectivity index (χ4v) is 3.82. The molecule has 31 heavy (non-hydrogen) atoms. The smallest absolute Gasteiger partial charge is 0.284 e. The topological polar surface area (TPSA) is 106 Å². The second-order valence-corrected chi connectivity index (χ2v) is 7.74. The van der Waals surface area contributed by atoms with E-state index in [0.717, 1.165) is 31.4 Å². The van der Waals surface area contributed by atoms with E-state index in [-0.39, 0.29) is 35.8 Å². The molecule has 164 valence electrons. The lowest BCUT2D eigenvalue weighted by atomic mass is 9.87. The van der Waals surface area contributed by atoms with Crippen molar-refractivity contribution in [3.8, 4) is 11.5 Å². The second-order valence-electron chi connectivity index (χ2n) is 7.74. The van der Waals surface area contributed by atoms with E-state index in [1.165, 1.54) is 17.1 Å². The van der Waals surface area contributed by atoms with Crippen LogP contribution in [0.1, 0.15) is 60.0 Å². The van der Waals surface area contributed by atoms with Crippen molar-refractivity contribution < 1.29 is 23.1 Å². The lowest BCUT2D eigenvalue weighted by molar-refractivity contribution is 0.102. The molecule has 10 heteroatoms. The summed E-state index contributed by atoms with van der Waals surface area (Å²) in [5.74, 6) is -0.182. The molecule has 0 saturated heterocycles. The predicted octanol–water partition coefficient (Wildman–Crippen LogP) is 4.16. The summed E-state index contributed by atoms with van der Waals surface area (Å²) in [5.41, 5.74) is 0.871. The minimum atomic E-state index is -2.84. The average molecular weight is 431 g/mol.